The molecule has 0 saturated heterocycles. The van der Waals surface area contributed by atoms with Crippen LogP contribution in [-0.2, 0) is 16.1 Å². The van der Waals surface area contributed by atoms with Crippen molar-refractivity contribution in [1.82, 2.24) is 19.2 Å². The smallest absolute Gasteiger partial charge is 0.337 e. The van der Waals surface area contributed by atoms with E-state index < -0.39 is 5.97 Å². The molecule has 4 aromatic rings. The molecule has 3 aromatic heterocycles. The molecule has 0 aliphatic heterocycles. The molecule has 0 spiro atoms. The van der Waals surface area contributed by atoms with Gasteiger partial charge in [-0.2, -0.15) is 9.61 Å². The number of hydrogen-bond acceptors (Lipinski definition) is 7. The fraction of sp³-hybridized carbons (Fsp3) is 0.211. The van der Waals surface area contributed by atoms with Gasteiger partial charge >= 0.3 is 5.97 Å². The molecular formula is C19H17N5O4S. The van der Waals surface area contributed by atoms with E-state index in [2.05, 4.69) is 20.1 Å². The molecule has 0 bridgehead atoms. The number of ether oxygens (including phenoxy) is 1. The first-order valence-corrected chi connectivity index (χ1v) is 9.53. The van der Waals surface area contributed by atoms with Gasteiger partial charge in [-0.05, 0) is 44.2 Å². The lowest BCUT2D eigenvalue weighted by atomic mass is 10.2. The van der Waals surface area contributed by atoms with Gasteiger partial charge in [0, 0.05) is 11.4 Å². The Morgan fingerprint density at radius 1 is 1.21 bits per heavy atom. The van der Waals surface area contributed by atoms with E-state index in [-0.39, 0.29) is 18.0 Å². The van der Waals surface area contributed by atoms with Gasteiger partial charge < -0.3 is 14.6 Å². The number of methoxy groups -OCH3 is 1. The third kappa shape index (κ3) is 3.38. The van der Waals surface area contributed by atoms with Gasteiger partial charge in [-0.1, -0.05) is 11.3 Å². The van der Waals surface area contributed by atoms with E-state index in [1.165, 1.54) is 23.0 Å². The average Bonchev–Trinajstić information content (AvgIpc) is 3.21. The van der Waals surface area contributed by atoms with E-state index in [1.807, 2.05) is 13.8 Å². The number of fused-ring (bicyclic) bond motifs is 2. The summed E-state index contributed by atoms with van der Waals surface area (Å²) in [5, 5.41) is 7.70. The molecule has 148 valence electrons. The maximum Gasteiger partial charge on any atom is 0.337 e. The van der Waals surface area contributed by atoms with E-state index in [1.54, 1.807) is 34.9 Å². The Balaban J connectivity index is 1.62. The molecule has 0 unspecified atom stereocenters. The molecule has 0 atom stereocenters. The normalized spacial score (nSPS) is 11.1. The minimum Gasteiger partial charge on any atom is -0.465 e. The van der Waals surface area contributed by atoms with Crippen molar-refractivity contribution in [3.63, 3.8) is 0 Å². The number of rotatable bonds is 4. The number of nitrogens with one attached hydrogen (secondary N) is 1. The maximum atomic E-state index is 12.9. The van der Waals surface area contributed by atoms with Crippen molar-refractivity contribution in [3.05, 3.63) is 57.0 Å². The third-order valence-electron chi connectivity index (χ3n) is 4.45. The van der Waals surface area contributed by atoms with Crippen LogP contribution in [0.5, 0.6) is 0 Å². The van der Waals surface area contributed by atoms with Crippen molar-refractivity contribution in [3.8, 4) is 0 Å². The van der Waals surface area contributed by atoms with Gasteiger partial charge in [0.2, 0.25) is 10.9 Å². The Morgan fingerprint density at radius 2 is 1.93 bits per heavy atom. The number of esters is 1. The van der Waals surface area contributed by atoms with Crippen LogP contribution >= 0.6 is 11.3 Å². The van der Waals surface area contributed by atoms with Crippen molar-refractivity contribution in [2.75, 3.05) is 12.4 Å². The standard InChI is InChI=1S/C19H17N5O4S/c1-10-8-14-16(17(26)24-19(21-14)29-11(2)22-24)23(10)9-15(25)20-13-6-4-12(5-7-13)18(27)28-3/h4-8H,9H2,1-3H3,(H,20,25). The zero-order chi connectivity index (χ0) is 20.7. The molecule has 0 aliphatic carbocycles. The molecule has 0 radical (unpaired) electrons. The van der Waals surface area contributed by atoms with Crippen LogP contribution in [0.1, 0.15) is 21.1 Å². The first-order chi connectivity index (χ1) is 13.9. The Labute approximate surface area is 168 Å². The minimum atomic E-state index is -0.450. The molecular weight excluding hydrogens is 394 g/mol. The summed E-state index contributed by atoms with van der Waals surface area (Å²) in [6.07, 6.45) is 0. The molecule has 29 heavy (non-hydrogen) atoms. The van der Waals surface area contributed by atoms with Gasteiger partial charge in [0.1, 0.15) is 17.1 Å². The van der Waals surface area contributed by atoms with E-state index in [9.17, 15) is 14.4 Å². The van der Waals surface area contributed by atoms with Gasteiger partial charge in [0.25, 0.3) is 5.56 Å². The second-order valence-corrected chi connectivity index (χ2v) is 7.62. The van der Waals surface area contributed by atoms with Crippen molar-refractivity contribution < 1.29 is 14.3 Å². The van der Waals surface area contributed by atoms with Crippen molar-refractivity contribution >= 4 is 44.9 Å². The summed E-state index contributed by atoms with van der Waals surface area (Å²) in [6, 6.07) is 8.14. The lowest BCUT2D eigenvalue weighted by Crippen LogP contribution is -2.23. The number of aryl methyl sites for hydroxylation is 2. The van der Waals surface area contributed by atoms with E-state index in [0.717, 1.165) is 10.7 Å². The molecule has 9 nitrogen and oxygen atoms in total. The van der Waals surface area contributed by atoms with Gasteiger partial charge in [-0.3, -0.25) is 9.59 Å². The number of carbonyl (C=O) groups excluding carboxylic acids is 2. The van der Waals surface area contributed by atoms with Crippen LogP contribution in [0.4, 0.5) is 5.69 Å². The van der Waals surface area contributed by atoms with Crippen LogP contribution in [0.15, 0.2) is 35.1 Å². The van der Waals surface area contributed by atoms with Crippen molar-refractivity contribution in [1.29, 1.82) is 0 Å². The lowest BCUT2D eigenvalue weighted by molar-refractivity contribution is -0.116. The highest BCUT2D eigenvalue weighted by Gasteiger charge is 2.17. The molecule has 0 saturated carbocycles. The van der Waals surface area contributed by atoms with Crippen LogP contribution < -0.4 is 10.9 Å². The molecule has 0 aliphatic rings. The summed E-state index contributed by atoms with van der Waals surface area (Å²) in [6.45, 7) is 3.57. The number of amides is 1. The number of aromatic nitrogens is 4. The molecule has 4 rings (SSSR count). The topological polar surface area (TPSA) is 108 Å². The fourth-order valence-corrected chi connectivity index (χ4v) is 3.85. The van der Waals surface area contributed by atoms with Crippen LogP contribution in [0, 0.1) is 13.8 Å². The average molecular weight is 411 g/mol. The zero-order valence-corrected chi connectivity index (χ0v) is 16.7. The highest BCUT2D eigenvalue weighted by atomic mass is 32.1. The van der Waals surface area contributed by atoms with Crippen molar-refractivity contribution in [2.24, 2.45) is 0 Å². The molecule has 1 amide bonds. The Kier molecular flexibility index (Phi) is 4.63. The Bertz CT molecular complexity index is 1320. The van der Waals surface area contributed by atoms with Gasteiger partial charge in [0.05, 0.1) is 18.2 Å². The largest absolute Gasteiger partial charge is 0.465 e. The molecule has 3 heterocycles. The van der Waals surface area contributed by atoms with Crippen molar-refractivity contribution in [2.45, 2.75) is 20.4 Å². The van der Waals surface area contributed by atoms with E-state index in [0.29, 0.717) is 27.2 Å². The Hall–Kier alpha value is -3.53. The second kappa shape index (κ2) is 7.13. The highest BCUT2D eigenvalue weighted by molar-refractivity contribution is 7.16. The number of carbonyl (C=O) groups is 2. The lowest BCUT2D eigenvalue weighted by Gasteiger charge is -2.09. The summed E-state index contributed by atoms with van der Waals surface area (Å²) in [5.74, 6) is -0.760. The fourth-order valence-electron chi connectivity index (χ4n) is 3.11. The first kappa shape index (κ1) is 18.8. The maximum absolute atomic E-state index is 12.9. The van der Waals surface area contributed by atoms with Crippen LogP contribution in [0.25, 0.3) is 16.0 Å². The SMILES string of the molecule is COC(=O)c1ccc(NC(=O)Cn2c(C)cc3nc4sc(C)nn4c(=O)c32)cc1. The summed E-state index contributed by atoms with van der Waals surface area (Å²) >= 11 is 1.34. The number of benzene rings is 1. The summed E-state index contributed by atoms with van der Waals surface area (Å²) in [4.78, 5) is 41.9. The summed E-state index contributed by atoms with van der Waals surface area (Å²) in [7, 11) is 1.31. The first-order valence-electron chi connectivity index (χ1n) is 8.72. The van der Waals surface area contributed by atoms with Gasteiger partial charge in [0.15, 0.2) is 0 Å². The van der Waals surface area contributed by atoms with Crippen LogP contribution in [-0.4, -0.2) is 38.2 Å². The molecule has 1 aromatic carbocycles. The van der Waals surface area contributed by atoms with Crippen LogP contribution in [0.2, 0.25) is 0 Å². The summed E-state index contributed by atoms with van der Waals surface area (Å²) in [5.41, 5.74) is 2.23. The van der Waals surface area contributed by atoms with Gasteiger partial charge in [-0.15, -0.1) is 0 Å². The molecule has 0 fully saturated rings. The zero-order valence-electron chi connectivity index (χ0n) is 15.9. The molecule has 1 N–H and O–H groups in total. The molecule has 10 heteroatoms. The monoisotopic (exact) mass is 411 g/mol. The number of anilines is 1. The number of hydrogen-bond donors (Lipinski definition) is 1. The van der Waals surface area contributed by atoms with Crippen LogP contribution in [0.3, 0.4) is 0 Å². The third-order valence-corrected chi connectivity index (χ3v) is 5.27. The van der Waals surface area contributed by atoms with Gasteiger partial charge in [-0.25, -0.2) is 9.78 Å². The second-order valence-electron chi connectivity index (χ2n) is 6.46. The highest BCUT2D eigenvalue weighted by Crippen LogP contribution is 2.19. The Morgan fingerprint density at radius 3 is 2.62 bits per heavy atom. The summed E-state index contributed by atoms with van der Waals surface area (Å²) < 4.78 is 7.55. The predicted octanol–water partition coefficient (Wildman–Crippen LogP) is 2.15. The minimum absolute atomic E-state index is 0.0554. The quantitative estimate of drug-likeness (QED) is 0.516. The predicted molar refractivity (Wildman–Crippen MR) is 109 cm³/mol. The van der Waals surface area contributed by atoms with E-state index in [4.69, 9.17) is 0 Å². The number of nitrogens with zero attached hydrogens (tertiary/aromatic N) is 4. The van der Waals surface area contributed by atoms with E-state index >= 15 is 0 Å².